The standard InChI is InChI=1S/C13H16N4S/c1-18-13(4-5-13)7-15-12-10-6-9(14)2-3-11(10)16-8-17-12/h2-3,6,8H,4-5,7,14H2,1H3,(H,15,16,17). The maximum absolute atomic E-state index is 5.83. The molecule has 1 aromatic heterocycles. The molecule has 18 heavy (non-hydrogen) atoms. The maximum atomic E-state index is 5.83. The first kappa shape index (κ1) is 11.6. The number of aromatic nitrogens is 2. The van der Waals surface area contributed by atoms with E-state index in [9.17, 15) is 0 Å². The van der Waals surface area contributed by atoms with Crippen molar-refractivity contribution < 1.29 is 0 Å². The average molecular weight is 260 g/mol. The molecule has 3 rings (SSSR count). The molecule has 0 amide bonds. The van der Waals surface area contributed by atoms with Crippen molar-refractivity contribution in [2.24, 2.45) is 0 Å². The van der Waals surface area contributed by atoms with Crippen LogP contribution in [0.4, 0.5) is 11.5 Å². The maximum Gasteiger partial charge on any atom is 0.137 e. The van der Waals surface area contributed by atoms with Gasteiger partial charge in [0.2, 0.25) is 0 Å². The summed E-state index contributed by atoms with van der Waals surface area (Å²) in [5.74, 6) is 0.882. The van der Waals surface area contributed by atoms with Crippen LogP contribution in [-0.4, -0.2) is 27.5 Å². The van der Waals surface area contributed by atoms with Gasteiger partial charge in [0.1, 0.15) is 12.1 Å². The van der Waals surface area contributed by atoms with E-state index in [1.807, 2.05) is 30.0 Å². The van der Waals surface area contributed by atoms with Gasteiger partial charge in [-0.25, -0.2) is 9.97 Å². The highest BCUT2D eigenvalue weighted by molar-refractivity contribution is 8.00. The summed E-state index contributed by atoms with van der Waals surface area (Å²) in [6.45, 7) is 0.953. The van der Waals surface area contributed by atoms with Crippen LogP contribution in [-0.2, 0) is 0 Å². The molecule has 1 heterocycles. The van der Waals surface area contributed by atoms with Gasteiger partial charge >= 0.3 is 0 Å². The fourth-order valence-electron chi connectivity index (χ4n) is 2.05. The topological polar surface area (TPSA) is 63.8 Å². The van der Waals surface area contributed by atoms with Crippen LogP contribution < -0.4 is 11.1 Å². The van der Waals surface area contributed by atoms with E-state index in [2.05, 4.69) is 21.5 Å². The number of hydrogen-bond acceptors (Lipinski definition) is 5. The van der Waals surface area contributed by atoms with Crippen molar-refractivity contribution in [3.8, 4) is 0 Å². The minimum Gasteiger partial charge on any atom is -0.399 e. The molecule has 0 saturated heterocycles. The molecule has 0 aliphatic heterocycles. The molecule has 1 aliphatic carbocycles. The highest BCUT2D eigenvalue weighted by atomic mass is 32.2. The SMILES string of the molecule is CSC1(CNc2ncnc3ccc(N)cc23)CC1. The number of fused-ring (bicyclic) bond motifs is 1. The van der Waals surface area contributed by atoms with Crippen LogP contribution in [0.5, 0.6) is 0 Å². The van der Waals surface area contributed by atoms with E-state index in [4.69, 9.17) is 5.73 Å². The summed E-state index contributed by atoms with van der Waals surface area (Å²) in [5.41, 5.74) is 7.49. The van der Waals surface area contributed by atoms with Gasteiger partial charge in [-0.05, 0) is 37.3 Å². The Morgan fingerprint density at radius 3 is 2.94 bits per heavy atom. The third-order valence-electron chi connectivity index (χ3n) is 3.48. The van der Waals surface area contributed by atoms with Crippen LogP contribution in [0.2, 0.25) is 0 Å². The van der Waals surface area contributed by atoms with Gasteiger partial charge in [-0.15, -0.1) is 0 Å². The summed E-state index contributed by atoms with van der Waals surface area (Å²) in [6.07, 6.45) is 6.34. The van der Waals surface area contributed by atoms with Gasteiger partial charge in [0, 0.05) is 22.4 Å². The van der Waals surface area contributed by atoms with E-state index in [1.54, 1.807) is 6.33 Å². The van der Waals surface area contributed by atoms with Crippen molar-refractivity contribution in [2.45, 2.75) is 17.6 Å². The van der Waals surface area contributed by atoms with E-state index in [1.165, 1.54) is 12.8 Å². The average Bonchev–Trinajstić information content (AvgIpc) is 3.17. The summed E-state index contributed by atoms with van der Waals surface area (Å²) in [6, 6.07) is 5.72. The molecule has 0 atom stereocenters. The zero-order chi connectivity index (χ0) is 12.6. The lowest BCUT2D eigenvalue weighted by Gasteiger charge is -2.14. The van der Waals surface area contributed by atoms with Crippen LogP contribution in [0.1, 0.15) is 12.8 Å². The number of rotatable bonds is 4. The Morgan fingerprint density at radius 2 is 2.22 bits per heavy atom. The van der Waals surface area contributed by atoms with Gasteiger partial charge in [0.25, 0.3) is 0 Å². The third kappa shape index (κ3) is 2.10. The molecule has 94 valence electrons. The second-order valence-corrected chi connectivity index (χ2v) is 6.01. The lowest BCUT2D eigenvalue weighted by molar-refractivity contribution is 0.941. The molecule has 4 nitrogen and oxygen atoms in total. The van der Waals surface area contributed by atoms with E-state index in [0.29, 0.717) is 4.75 Å². The normalized spacial score (nSPS) is 16.7. The van der Waals surface area contributed by atoms with Crippen LogP contribution in [0.25, 0.3) is 10.9 Å². The van der Waals surface area contributed by atoms with Crippen molar-refractivity contribution in [2.75, 3.05) is 23.9 Å². The van der Waals surface area contributed by atoms with Gasteiger partial charge in [0.05, 0.1) is 5.52 Å². The highest BCUT2D eigenvalue weighted by Gasteiger charge is 2.41. The van der Waals surface area contributed by atoms with Crippen LogP contribution >= 0.6 is 11.8 Å². The Morgan fingerprint density at radius 1 is 1.39 bits per heavy atom. The zero-order valence-electron chi connectivity index (χ0n) is 10.3. The van der Waals surface area contributed by atoms with Crippen molar-refractivity contribution in [3.05, 3.63) is 24.5 Å². The van der Waals surface area contributed by atoms with E-state index in [0.717, 1.165) is 29.0 Å². The zero-order valence-corrected chi connectivity index (χ0v) is 11.1. The van der Waals surface area contributed by atoms with Crippen LogP contribution in [0, 0.1) is 0 Å². The fraction of sp³-hybridized carbons (Fsp3) is 0.385. The van der Waals surface area contributed by atoms with Crippen molar-refractivity contribution in [3.63, 3.8) is 0 Å². The first-order chi connectivity index (χ1) is 8.72. The minimum atomic E-state index is 0.414. The summed E-state index contributed by atoms with van der Waals surface area (Å²) in [7, 11) is 0. The molecule has 2 aromatic rings. The van der Waals surface area contributed by atoms with Crippen molar-refractivity contribution >= 4 is 34.2 Å². The van der Waals surface area contributed by atoms with Crippen molar-refractivity contribution in [1.29, 1.82) is 0 Å². The minimum absolute atomic E-state index is 0.414. The molecule has 1 fully saturated rings. The van der Waals surface area contributed by atoms with Crippen LogP contribution in [0.3, 0.4) is 0 Å². The number of hydrogen-bond donors (Lipinski definition) is 2. The van der Waals surface area contributed by atoms with Crippen LogP contribution in [0.15, 0.2) is 24.5 Å². The Balaban J connectivity index is 1.89. The molecular formula is C13H16N4S. The molecule has 1 saturated carbocycles. The van der Waals surface area contributed by atoms with E-state index in [-0.39, 0.29) is 0 Å². The molecule has 1 aliphatic rings. The monoisotopic (exact) mass is 260 g/mol. The van der Waals surface area contributed by atoms with Gasteiger partial charge in [-0.1, -0.05) is 0 Å². The van der Waals surface area contributed by atoms with Crippen molar-refractivity contribution in [1.82, 2.24) is 9.97 Å². The molecule has 0 spiro atoms. The number of nitrogens with two attached hydrogens (primary N) is 1. The van der Waals surface area contributed by atoms with Gasteiger partial charge in [-0.2, -0.15) is 11.8 Å². The second-order valence-electron chi connectivity index (χ2n) is 4.74. The molecule has 5 heteroatoms. The number of nitrogens with zero attached hydrogens (tertiary/aromatic N) is 2. The first-order valence-corrected chi connectivity index (χ1v) is 7.24. The summed E-state index contributed by atoms with van der Waals surface area (Å²) < 4.78 is 0.414. The predicted molar refractivity (Wildman–Crippen MR) is 77.9 cm³/mol. The fourth-order valence-corrected chi connectivity index (χ4v) is 2.78. The molecule has 1 aromatic carbocycles. The number of thioether (sulfide) groups is 1. The number of nitrogens with one attached hydrogen (secondary N) is 1. The molecule has 0 radical (unpaired) electrons. The smallest absolute Gasteiger partial charge is 0.137 e. The largest absolute Gasteiger partial charge is 0.399 e. The van der Waals surface area contributed by atoms with Gasteiger partial charge < -0.3 is 11.1 Å². The second kappa shape index (κ2) is 4.31. The Labute approximate surface area is 110 Å². The Bertz CT molecular complexity index is 580. The summed E-state index contributed by atoms with van der Waals surface area (Å²) in [5, 5.41) is 4.44. The Hall–Kier alpha value is -1.49. The number of benzene rings is 1. The number of anilines is 2. The molecule has 0 bridgehead atoms. The quantitative estimate of drug-likeness (QED) is 0.827. The molecule has 3 N–H and O–H groups in total. The number of nitrogen functional groups attached to an aromatic ring is 1. The predicted octanol–water partition coefficient (Wildman–Crippen LogP) is 2.52. The third-order valence-corrected chi connectivity index (χ3v) is 4.90. The first-order valence-electron chi connectivity index (χ1n) is 6.02. The molecule has 0 unspecified atom stereocenters. The summed E-state index contributed by atoms with van der Waals surface area (Å²) >= 11 is 1.94. The highest BCUT2D eigenvalue weighted by Crippen LogP contribution is 2.47. The molecular weight excluding hydrogens is 244 g/mol. The lowest BCUT2D eigenvalue weighted by atomic mass is 10.2. The lowest BCUT2D eigenvalue weighted by Crippen LogP contribution is -2.18. The summed E-state index contributed by atoms with van der Waals surface area (Å²) in [4.78, 5) is 8.58. The van der Waals surface area contributed by atoms with Gasteiger partial charge in [0.15, 0.2) is 0 Å². The van der Waals surface area contributed by atoms with E-state index < -0.39 is 0 Å². The van der Waals surface area contributed by atoms with Gasteiger partial charge in [-0.3, -0.25) is 0 Å². The Kier molecular flexibility index (Phi) is 2.78. The van der Waals surface area contributed by atoms with E-state index >= 15 is 0 Å².